The average molecular weight is 657 g/mol. The van der Waals surface area contributed by atoms with Crippen molar-refractivity contribution < 1.29 is 18.8 Å². The number of nitrogens with one attached hydrogen (secondary N) is 3. The number of nitrogens with zero attached hydrogens (tertiary/aromatic N) is 2. The van der Waals surface area contributed by atoms with Gasteiger partial charge in [-0.05, 0) is 61.2 Å². The Hall–Kier alpha value is -3.24. The third-order valence-electron chi connectivity index (χ3n) is 9.19. The molecule has 2 aromatic rings. The topological polar surface area (TPSA) is 93.8 Å². The van der Waals surface area contributed by atoms with Gasteiger partial charge in [0.25, 0.3) is 0 Å². The van der Waals surface area contributed by atoms with E-state index in [1.807, 2.05) is 42.2 Å². The standard InChI is InChI=1S/C34H40Cl2FN5O3/c1-22-21-41(14-13-34(33(45)38-2)12-11-27(35)28(36)19-34)15-16-42(22)32(44)30(17-23-7-9-26(37)10-8-23)40-31(43)29-18-24-5-3-4-6-25(24)20-39-29/h3-12,22,29-30,39H,13-21H2,1-2H3,(H,38,45)(H,40,43). The van der Waals surface area contributed by atoms with Crippen LogP contribution in [0.4, 0.5) is 4.39 Å². The Balaban J connectivity index is 1.24. The van der Waals surface area contributed by atoms with Gasteiger partial charge in [-0.15, -0.1) is 0 Å². The number of carbonyl (C=O) groups excluding carboxylic acids is 3. The minimum atomic E-state index is -0.807. The van der Waals surface area contributed by atoms with Crippen molar-refractivity contribution in [3.05, 3.63) is 93.3 Å². The Kier molecular flexibility index (Phi) is 10.6. The molecule has 1 fully saturated rings. The van der Waals surface area contributed by atoms with Gasteiger partial charge in [-0.25, -0.2) is 4.39 Å². The Morgan fingerprint density at radius 1 is 1.09 bits per heavy atom. The molecule has 1 aliphatic carbocycles. The number of piperazine rings is 1. The number of rotatable bonds is 9. The highest BCUT2D eigenvalue weighted by Crippen LogP contribution is 2.40. The van der Waals surface area contributed by atoms with Crippen LogP contribution in [-0.4, -0.2) is 78.9 Å². The van der Waals surface area contributed by atoms with E-state index in [9.17, 15) is 18.8 Å². The number of halogens is 3. The fraction of sp³-hybridized carbons (Fsp3) is 0.441. The molecule has 4 unspecified atom stereocenters. The Morgan fingerprint density at radius 3 is 2.51 bits per heavy atom. The second kappa shape index (κ2) is 14.5. The fourth-order valence-electron chi connectivity index (χ4n) is 6.52. The summed E-state index contributed by atoms with van der Waals surface area (Å²) in [4.78, 5) is 44.5. The molecule has 0 spiro atoms. The lowest BCUT2D eigenvalue weighted by atomic mass is 9.77. The second-order valence-electron chi connectivity index (χ2n) is 12.2. The molecule has 3 N–H and O–H groups in total. The van der Waals surface area contributed by atoms with E-state index in [0.29, 0.717) is 62.1 Å². The minimum Gasteiger partial charge on any atom is -0.358 e. The zero-order valence-electron chi connectivity index (χ0n) is 25.6. The molecule has 0 bridgehead atoms. The summed E-state index contributed by atoms with van der Waals surface area (Å²) in [6, 6.07) is 12.6. The summed E-state index contributed by atoms with van der Waals surface area (Å²) in [5, 5.41) is 10.0. The van der Waals surface area contributed by atoms with Gasteiger partial charge in [0, 0.05) is 57.1 Å². The van der Waals surface area contributed by atoms with Crippen molar-refractivity contribution in [2.45, 2.75) is 57.3 Å². The van der Waals surface area contributed by atoms with E-state index in [1.54, 1.807) is 25.3 Å². The lowest BCUT2D eigenvalue weighted by molar-refractivity contribution is -0.140. The van der Waals surface area contributed by atoms with Gasteiger partial charge in [0.05, 0.1) is 16.5 Å². The number of fused-ring (bicyclic) bond motifs is 1. The Morgan fingerprint density at radius 2 is 1.82 bits per heavy atom. The van der Waals surface area contributed by atoms with Crippen molar-refractivity contribution in [3.63, 3.8) is 0 Å². The van der Waals surface area contributed by atoms with E-state index in [0.717, 1.165) is 16.7 Å². The van der Waals surface area contributed by atoms with Crippen LogP contribution < -0.4 is 16.0 Å². The molecule has 0 aromatic heterocycles. The molecule has 2 aliphatic heterocycles. The average Bonchev–Trinajstić information content (AvgIpc) is 3.05. The maximum atomic E-state index is 14.1. The van der Waals surface area contributed by atoms with Gasteiger partial charge in [-0.2, -0.15) is 0 Å². The molecule has 2 heterocycles. The van der Waals surface area contributed by atoms with Crippen molar-refractivity contribution in [2.24, 2.45) is 5.41 Å². The van der Waals surface area contributed by atoms with Crippen LogP contribution in [0.25, 0.3) is 0 Å². The molecule has 2 aromatic carbocycles. The second-order valence-corrected chi connectivity index (χ2v) is 13.1. The first kappa shape index (κ1) is 33.1. The first-order chi connectivity index (χ1) is 21.6. The quantitative estimate of drug-likeness (QED) is 0.382. The van der Waals surface area contributed by atoms with Gasteiger partial charge < -0.3 is 20.9 Å². The predicted octanol–water partition coefficient (Wildman–Crippen LogP) is 3.87. The predicted molar refractivity (Wildman–Crippen MR) is 174 cm³/mol. The van der Waals surface area contributed by atoms with Crippen LogP contribution in [-0.2, 0) is 33.8 Å². The largest absolute Gasteiger partial charge is 0.358 e. The van der Waals surface area contributed by atoms with Crippen LogP contribution >= 0.6 is 23.2 Å². The summed E-state index contributed by atoms with van der Waals surface area (Å²) in [5.74, 6) is -0.870. The van der Waals surface area contributed by atoms with Gasteiger partial charge in [0.15, 0.2) is 0 Å². The fourth-order valence-corrected chi connectivity index (χ4v) is 6.95. The normalized spacial score (nSPS) is 24.2. The number of allylic oxidation sites excluding steroid dienone is 3. The summed E-state index contributed by atoms with van der Waals surface area (Å²) in [7, 11) is 1.61. The molecule has 45 heavy (non-hydrogen) atoms. The SMILES string of the molecule is CNC(=O)C1(CCN2CCN(C(=O)C(Cc3ccc(F)cc3)NC(=O)C3Cc4ccccc4CN3)C(C)C2)C=CC(Cl)=C(Cl)C1. The number of hydrogen-bond acceptors (Lipinski definition) is 5. The first-order valence-corrected chi connectivity index (χ1v) is 16.2. The summed E-state index contributed by atoms with van der Waals surface area (Å²) in [6.07, 6.45) is 5.20. The third-order valence-corrected chi connectivity index (χ3v) is 9.98. The van der Waals surface area contributed by atoms with Crippen molar-refractivity contribution in [3.8, 4) is 0 Å². The number of hydrogen-bond donors (Lipinski definition) is 3. The van der Waals surface area contributed by atoms with Crippen LogP contribution in [0.3, 0.4) is 0 Å². The van der Waals surface area contributed by atoms with E-state index >= 15 is 0 Å². The van der Waals surface area contributed by atoms with Crippen LogP contribution in [0.1, 0.15) is 36.5 Å². The molecule has 0 radical (unpaired) electrons. The van der Waals surface area contributed by atoms with E-state index in [-0.39, 0.29) is 36.0 Å². The molecule has 4 atom stereocenters. The van der Waals surface area contributed by atoms with E-state index < -0.39 is 17.5 Å². The van der Waals surface area contributed by atoms with Gasteiger partial charge in [-0.3, -0.25) is 19.3 Å². The van der Waals surface area contributed by atoms with Crippen LogP contribution in [0, 0.1) is 11.2 Å². The highest BCUT2D eigenvalue weighted by atomic mass is 35.5. The first-order valence-electron chi connectivity index (χ1n) is 15.4. The zero-order chi connectivity index (χ0) is 32.1. The summed E-state index contributed by atoms with van der Waals surface area (Å²) in [6.45, 7) is 4.91. The van der Waals surface area contributed by atoms with E-state index in [4.69, 9.17) is 23.2 Å². The highest BCUT2D eigenvalue weighted by Gasteiger charge is 2.40. The van der Waals surface area contributed by atoms with Crippen LogP contribution in [0.5, 0.6) is 0 Å². The molecular weight excluding hydrogens is 616 g/mol. The minimum absolute atomic E-state index is 0.113. The maximum Gasteiger partial charge on any atom is 0.245 e. The molecule has 3 amide bonds. The molecule has 8 nitrogen and oxygen atoms in total. The van der Waals surface area contributed by atoms with Crippen molar-refractivity contribution >= 4 is 40.9 Å². The lowest BCUT2D eigenvalue weighted by Crippen LogP contribution is -2.61. The molecule has 3 aliphatic rings. The summed E-state index contributed by atoms with van der Waals surface area (Å²) >= 11 is 12.5. The zero-order valence-corrected chi connectivity index (χ0v) is 27.1. The monoisotopic (exact) mass is 655 g/mol. The summed E-state index contributed by atoms with van der Waals surface area (Å²) < 4.78 is 13.6. The van der Waals surface area contributed by atoms with Gasteiger partial charge in [-0.1, -0.05) is 65.7 Å². The lowest BCUT2D eigenvalue weighted by Gasteiger charge is -2.42. The number of amides is 3. The molecule has 11 heteroatoms. The van der Waals surface area contributed by atoms with Gasteiger partial charge in [0.1, 0.15) is 11.9 Å². The van der Waals surface area contributed by atoms with Crippen LogP contribution in [0.2, 0.25) is 0 Å². The Bertz CT molecular complexity index is 1480. The summed E-state index contributed by atoms with van der Waals surface area (Å²) in [5.41, 5.74) is 2.25. The van der Waals surface area contributed by atoms with E-state index in [1.165, 1.54) is 12.1 Å². The van der Waals surface area contributed by atoms with Crippen molar-refractivity contribution in [1.82, 2.24) is 25.8 Å². The molecular formula is C34H40Cl2FN5O3. The maximum absolute atomic E-state index is 14.1. The molecule has 0 saturated carbocycles. The Labute approximate surface area is 274 Å². The smallest absolute Gasteiger partial charge is 0.245 e. The number of benzene rings is 2. The van der Waals surface area contributed by atoms with Gasteiger partial charge in [0.2, 0.25) is 17.7 Å². The molecule has 240 valence electrons. The van der Waals surface area contributed by atoms with Crippen molar-refractivity contribution in [1.29, 1.82) is 0 Å². The molecule has 5 rings (SSSR count). The number of carbonyl (C=O) groups is 3. The van der Waals surface area contributed by atoms with Crippen molar-refractivity contribution in [2.75, 3.05) is 33.2 Å². The van der Waals surface area contributed by atoms with Crippen LogP contribution in [0.15, 0.2) is 70.7 Å². The highest BCUT2D eigenvalue weighted by molar-refractivity contribution is 6.40. The van der Waals surface area contributed by atoms with Gasteiger partial charge >= 0.3 is 0 Å². The van der Waals surface area contributed by atoms with E-state index in [2.05, 4.69) is 20.9 Å². The third kappa shape index (κ3) is 7.77. The molecule has 1 saturated heterocycles.